The highest BCUT2D eigenvalue weighted by atomic mass is 19.1. The van der Waals surface area contributed by atoms with Crippen LogP contribution in [0.15, 0.2) is 18.2 Å². The third-order valence-electron chi connectivity index (χ3n) is 3.99. The van der Waals surface area contributed by atoms with E-state index >= 15 is 0 Å². The summed E-state index contributed by atoms with van der Waals surface area (Å²) in [6.45, 7) is 2.72. The molecule has 5 heteroatoms. The number of carbonyl (C=O) groups excluding carboxylic acids is 1. The lowest BCUT2D eigenvalue weighted by molar-refractivity contribution is -0.134. The molecule has 1 aliphatic rings. The van der Waals surface area contributed by atoms with Crippen molar-refractivity contribution in [2.24, 2.45) is 5.92 Å². The first-order valence-electron chi connectivity index (χ1n) is 6.88. The molecule has 1 N–H and O–H groups in total. The highest BCUT2D eigenvalue weighted by Crippen LogP contribution is 2.26. The number of likely N-dealkylation sites (tertiary alicyclic amines) is 1. The van der Waals surface area contributed by atoms with Crippen molar-refractivity contribution < 1.29 is 18.7 Å². The molecule has 0 aromatic heterocycles. The largest absolute Gasteiger partial charge is 0.396 e. The van der Waals surface area contributed by atoms with E-state index in [1.54, 1.807) is 4.90 Å². The average molecular weight is 283 g/mol. The highest BCUT2D eigenvalue weighted by molar-refractivity contribution is 5.83. The van der Waals surface area contributed by atoms with Gasteiger partial charge in [-0.15, -0.1) is 0 Å². The van der Waals surface area contributed by atoms with Crippen molar-refractivity contribution in [3.05, 3.63) is 35.4 Å². The fraction of sp³-hybridized carbons (Fsp3) is 0.533. The molecule has 1 unspecified atom stereocenters. The maximum Gasteiger partial charge on any atom is 0.230 e. The Bertz CT molecular complexity index is 465. The maximum absolute atomic E-state index is 13.7. The Balaban J connectivity index is 2.10. The number of hydrogen-bond donors (Lipinski definition) is 1. The number of benzene rings is 1. The van der Waals surface area contributed by atoms with Crippen molar-refractivity contribution >= 4 is 5.91 Å². The van der Waals surface area contributed by atoms with Gasteiger partial charge in [0.2, 0.25) is 5.91 Å². The van der Waals surface area contributed by atoms with E-state index in [0.29, 0.717) is 13.1 Å². The topological polar surface area (TPSA) is 40.5 Å². The number of halogens is 2. The number of aliphatic hydroxyl groups excluding tert-OH is 1. The van der Waals surface area contributed by atoms with E-state index in [1.807, 2.05) is 0 Å². The molecule has 0 aliphatic carbocycles. The Morgan fingerprint density at radius 1 is 1.35 bits per heavy atom. The monoisotopic (exact) mass is 283 g/mol. The zero-order valence-corrected chi connectivity index (χ0v) is 11.5. The second-order valence-electron chi connectivity index (χ2n) is 5.31. The van der Waals surface area contributed by atoms with Gasteiger partial charge in [-0.05, 0) is 37.8 Å². The Hall–Kier alpha value is -1.49. The first-order chi connectivity index (χ1) is 9.54. The van der Waals surface area contributed by atoms with Crippen LogP contribution in [0.5, 0.6) is 0 Å². The number of nitrogens with zero attached hydrogens (tertiary/aromatic N) is 1. The molecule has 1 atom stereocenters. The number of carbonyl (C=O) groups is 1. The van der Waals surface area contributed by atoms with Crippen LogP contribution >= 0.6 is 0 Å². The molecule has 1 amide bonds. The maximum atomic E-state index is 13.7. The lowest BCUT2D eigenvalue weighted by Gasteiger charge is -2.33. The summed E-state index contributed by atoms with van der Waals surface area (Å²) in [5, 5.41) is 9.07. The summed E-state index contributed by atoms with van der Waals surface area (Å²) >= 11 is 0. The number of hydrogen-bond acceptors (Lipinski definition) is 2. The Kier molecular flexibility index (Phi) is 4.70. The summed E-state index contributed by atoms with van der Waals surface area (Å²) in [5.74, 6) is -2.24. The molecule has 3 nitrogen and oxygen atoms in total. The van der Waals surface area contributed by atoms with Gasteiger partial charge in [0.1, 0.15) is 11.6 Å². The van der Waals surface area contributed by atoms with E-state index in [4.69, 9.17) is 5.11 Å². The third kappa shape index (κ3) is 2.98. The minimum atomic E-state index is -0.832. The molecule has 2 rings (SSSR count). The molecule has 1 aliphatic heterocycles. The second kappa shape index (κ2) is 6.31. The summed E-state index contributed by atoms with van der Waals surface area (Å²) in [6.07, 6.45) is 1.46. The predicted molar refractivity (Wildman–Crippen MR) is 71.2 cm³/mol. The minimum absolute atomic E-state index is 0.125. The third-order valence-corrected chi connectivity index (χ3v) is 3.99. The quantitative estimate of drug-likeness (QED) is 0.924. The standard InChI is InChI=1S/C15H19F2NO2/c1-10(14-12(16)3-2-4-13(14)17)15(20)18-7-5-11(9-19)6-8-18/h2-4,10-11,19H,5-9H2,1H3. The van der Waals surface area contributed by atoms with Gasteiger partial charge < -0.3 is 10.0 Å². The SMILES string of the molecule is CC(C(=O)N1CCC(CO)CC1)c1c(F)cccc1F. The molecule has 0 spiro atoms. The van der Waals surface area contributed by atoms with Crippen LogP contribution in [0.2, 0.25) is 0 Å². The molecule has 1 aromatic rings. The van der Waals surface area contributed by atoms with Gasteiger partial charge >= 0.3 is 0 Å². The van der Waals surface area contributed by atoms with Gasteiger partial charge in [0, 0.05) is 25.3 Å². The summed E-state index contributed by atoms with van der Waals surface area (Å²) < 4.78 is 27.4. The molecule has 1 saturated heterocycles. The fourth-order valence-electron chi connectivity index (χ4n) is 2.66. The van der Waals surface area contributed by atoms with Crippen LogP contribution in [0.4, 0.5) is 8.78 Å². The van der Waals surface area contributed by atoms with Gasteiger partial charge in [-0.25, -0.2) is 8.78 Å². The van der Waals surface area contributed by atoms with E-state index in [2.05, 4.69) is 0 Å². The Morgan fingerprint density at radius 3 is 2.40 bits per heavy atom. The van der Waals surface area contributed by atoms with Crippen LogP contribution in [0.1, 0.15) is 31.2 Å². The zero-order valence-electron chi connectivity index (χ0n) is 11.5. The molecule has 0 radical (unpaired) electrons. The Labute approximate surface area is 117 Å². The summed E-state index contributed by atoms with van der Waals surface area (Å²) in [5.41, 5.74) is -0.165. The molecular formula is C15H19F2NO2. The van der Waals surface area contributed by atoms with E-state index in [1.165, 1.54) is 25.1 Å². The van der Waals surface area contributed by atoms with E-state index in [-0.39, 0.29) is 24.0 Å². The van der Waals surface area contributed by atoms with Crippen molar-refractivity contribution in [2.75, 3.05) is 19.7 Å². The van der Waals surface area contributed by atoms with E-state index < -0.39 is 17.6 Å². The summed E-state index contributed by atoms with van der Waals surface area (Å²) in [7, 11) is 0. The van der Waals surface area contributed by atoms with Crippen molar-refractivity contribution in [1.29, 1.82) is 0 Å². The summed E-state index contributed by atoms with van der Waals surface area (Å²) in [4.78, 5) is 14.0. The molecule has 110 valence electrons. The fourth-order valence-corrected chi connectivity index (χ4v) is 2.66. The van der Waals surface area contributed by atoms with Gasteiger partial charge in [-0.3, -0.25) is 4.79 Å². The first kappa shape index (κ1) is 14.9. The second-order valence-corrected chi connectivity index (χ2v) is 5.31. The van der Waals surface area contributed by atoms with Gasteiger partial charge in [-0.1, -0.05) is 6.07 Å². The molecule has 1 heterocycles. The average Bonchev–Trinajstić information content (AvgIpc) is 2.46. The lowest BCUT2D eigenvalue weighted by atomic mass is 9.94. The predicted octanol–water partition coefficient (Wildman–Crippen LogP) is 2.30. The van der Waals surface area contributed by atoms with Gasteiger partial charge in [0.25, 0.3) is 0 Å². The van der Waals surface area contributed by atoms with E-state index in [9.17, 15) is 13.6 Å². The van der Waals surface area contributed by atoms with Crippen LogP contribution in [-0.2, 0) is 4.79 Å². The van der Waals surface area contributed by atoms with Crippen LogP contribution in [0.25, 0.3) is 0 Å². The van der Waals surface area contributed by atoms with Crippen LogP contribution < -0.4 is 0 Å². The highest BCUT2D eigenvalue weighted by Gasteiger charge is 2.29. The smallest absolute Gasteiger partial charge is 0.230 e. The zero-order chi connectivity index (χ0) is 14.7. The Morgan fingerprint density at radius 2 is 1.90 bits per heavy atom. The number of aliphatic hydroxyl groups is 1. The van der Waals surface area contributed by atoms with Crippen molar-refractivity contribution in [3.63, 3.8) is 0 Å². The minimum Gasteiger partial charge on any atom is -0.396 e. The lowest BCUT2D eigenvalue weighted by Crippen LogP contribution is -2.41. The van der Waals surface area contributed by atoms with Crippen molar-refractivity contribution in [1.82, 2.24) is 4.90 Å². The normalized spacial score (nSPS) is 18.1. The van der Waals surface area contributed by atoms with Gasteiger partial charge in [0.15, 0.2) is 0 Å². The van der Waals surface area contributed by atoms with Crippen molar-refractivity contribution in [2.45, 2.75) is 25.7 Å². The molecule has 0 saturated carbocycles. The van der Waals surface area contributed by atoms with Crippen LogP contribution in [0, 0.1) is 17.6 Å². The summed E-state index contributed by atoms with van der Waals surface area (Å²) in [6, 6.07) is 3.62. The van der Waals surface area contributed by atoms with Crippen molar-refractivity contribution in [3.8, 4) is 0 Å². The molecule has 20 heavy (non-hydrogen) atoms. The van der Waals surface area contributed by atoms with E-state index in [0.717, 1.165) is 12.8 Å². The molecule has 1 aromatic carbocycles. The number of piperidine rings is 1. The van der Waals surface area contributed by atoms with Gasteiger partial charge in [0.05, 0.1) is 5.92 Å². The number of amides is 1. The molecule has 0 bridgehead atoms. The number of rotatable bonds is 3. The molecular weight excluding hydrogens is 264 g/mol. The molecule has 1 fully saturated rings. The van der Waals surface area contributed by atoms with Crippen LogP contribution in [0.3, 0.4) is 0 Å². The first-order valence-corrected chi connectivity index (χ1v) is 6.88. The van der Waals surface area contributed by atoms with Gasteiger partial charge in [-0.2, -0.15) is 0 Å². The van der Waals surface area contributed by atoms with Crippen LogP contribution in [-0.4, -0.2) is 35.6 Å².